The van der Waals surface area contributed by atoms with Gasteiger partial charge in [0.1, 0.15) is 0 Å². The van der Waals surface area contributed by atoms with Crippen LogP contribution in [0.1, 0.15) is 33.6 Å². The minimum atomic E-state index is -0.212. The van der Waals surface area contributed by atoms with E-state index in [1.807, 2.05) is 0 Å². The van der Waals surface area contributed by atoms with Crippen molar-refractivity contribution < 1.29 is 14.4 Å². The average Bonchev–Trinajstić information content (AvgIpc) is 2.94. The predicted octanol–water partition coefficient (Wildman–Crippen LogP) is 0.809. The lowest BCUT2D eigenvalue weighted by Gasteiger charge is -2.02. The Labute approximate surface area is 105 Å². The molecule has 0 bridgehead atoms. The molecule has 1 aromatic carbocycles. The Kier molecular flexibility index (Phi) is 3.41. The Morgan fingerprint density at radius 3 is 1.94 bits per heavy atom. The van der Waals surface area contributed by atoms with E-state index in [0.29, 0.717) is 11.1 Å². The molecule has 1 N–H and O–H groups in total. The number of benzene rings is 1. The lowest BCUT2D eigenvalue weighted by atomic mass is 10.1. The van der Waals surface area contributed by atoms with Crippen LogP contribution in [0.4, 0.5) is 0 Å². The number of rotatable bonds is 0. The summed E-state index contributed by atoms with van der Waals surface area (Å²) < 4.78 is 0. The number of carbonyl (C=O) groups excluding carboxylic acids is 3. The molecule has 0 saturated carbocycles. The maximum Gasteiger partial charge on any atom is 0.261 e. The number of nitrogens with zero attached hydrogens (tertiary/aromatic N) is 1. The van der Waals surface area contributed by atoms with Gasteiger partial charge in [-0.25, -0.2) is 0 Å². The quantitative estimate of drug-likeness (QED) is 0.689. The molecule has 5 heteroatoms. The molecule has 0 spiro atoms. The second-order valence-electron chi connectivity index (χ2n) is 4.17. The summed E-state index contributed by atoms with van der Waals surface area (Å²) in [5, 5.41) is 2.68. The fourth-order valence-electron chi connectivity index (χ4n) is 1.87. The average molecular weight is 246 g/mol. The predicted molar refractivity (Wildman–Crippen MR) is 65.1 cm³/mol. The molecule has 1 aromatic rings. The van der Waals surface area contributed by atoms with Gasteiger partial charge in [-0.05, 0) is 18.6 Å². The third-order valence-corrected chi connectivity index (χ3v) is 2.90. The number of imide groups is 1. The molecule has 2 aliphatic rings. The van der Waals surface area contributed by atoms with Crippen molar-refractivity contribution in [2.75, 3.05) is 13.6 Å². The highest BCUT2D eigenvalue weighted by Crippen LogP contribution is 2.20. The molecule has 0 atom stereocenters. The lowest BCUT2D eigenvalue weighted by molar-refractivity contribution is -0.119. The molecular weight excluding hydrogens is 232 g/mol. The first-order valence-electron chi connectivity index (χ1n) is 5.79. The Hall–Kier alpha value is -2.17. The highest BCUT2D eigenvalue weighted by Gasteiger charge is 2.31. The molecule has 5 nitrogen and oxygen atoms in total. The molecule has 2 aliphatic heterocycles. The van der Waals surface area contributed by atoms with Gasteiger partial charge in [-0.3, -0.25) is 19.3 Å². The van der Waals surface area contributed by atoms with Crippen molar-refractivity contribution in [3.63, 3.8) is 0 Å². The van der Waals surface area contributed by atoms with E-state index in [-0.39, 0.29) is 17.7 Å². The van der Waals surface area contributed by atoms with Crippen LogP contribution in [-0.2, 0) is 4.79 Å². The van der Waals surface area contributed by atoms with Crippen LogP contribution in [0.5, 0.6) is 0 Å². The Morgan fingerprint density at radius 1 is 1.06 bits per heavy atom. The summed E-state index contributed by atoms with van der Waals surface area (Å²) in [6.45, 7) is 0.888. The fourth-order valence-corrected chi connectivity index (χ4v) is 1.87. The Morgan fingerprint density at radius 2 is 1.61 bits per heavy atom. The Balaban J connectivity index is 0.000000169. The molecule has 0 unspecified atom stereocenters. The molecule has 3 amide bonds. The third-order valence-electron chi connectivity index (χ3n) is 2.90. The zero-order valence-corrected chi connectivity index (χ0v) is 10.1. The second kappa shape index (κ2) is 5.00. The van der Waals surface area contributed by atoms with Gasteiger partial charge >= 0.3 is 0 Å². The van der Waals surface area contributed by atoms with Crippen LogP contribution < -0.4 is 5.32 Å². The normalized spacial score (nSPS) is 17.2. The SMILES string of the molecule is CN1C(=O)c2ccccc2C1=O.O=C1CCCN1. The van der Waals surface area contributed by atoms with Crippen molar-refractivity contribution >= 4 is 17.7 Å². The molecular formula is C13H14N2O3. The van der Waals surface area contributed by atoms with Crippen LogP contribution in [-0.4, -0.2) is 36.2 Å². The van der Waals surface area contributed by atoms with Crippen LogP contribution in [0.25, 0.3) is 0 Å². The van der Waals surface area contributed by atoms with E-state index in [9.17, 15) is 14.4 Å². The first kappa shape index (κ1) is 12.3. The van der Waals surface area contributed by atoms with Crippen LogP contribution in [0.15, 0.2) is 24.3 Å². The van der Waals surface area contributed by atoms with Gasteiger partial charge in [-0.15, -0.1) is 0 Å². The largest absolute Gasteiger partial charge is 0.356 e. The zero-order chi connectivity index (χ0) is 13.1. The first-order chi connectivity index (χ1) is 8.61. The minimum Gasteiger partial charge on any atom is -0.356 e. The van der Waals surface area contributed by atoms with Crippen molar-refractivity contribution in [2.45, 2.75) is 12.8 Å². The highest BCUT2D eigenvalue weighted by molar-refractivity contribution is 6.21. The fraction of sp³-hybridized carbons (Fsp3) is 0.308. The number of carbonyl (C=O) groups is 3. The lowest BCUT2D eigenvalue weighted by Crippen LogP contribution is -2.24. The zero-order valence-electron chi connectivity index (χ0n) is 10.1. The van der Waals surface area contributed by atoms with Gasteiger partial charge in [0.05, 0.1) is 11.1 Å². The smallest absolute Gasteiger partial charge is 0.261 e. The van der Waals surface area contributed by atoms with Gasteiger partial charge in [-0.2, -0.15) is 0 Å². The molecule has 3 rings (SSSR count). The van der Waals surface area contributed by atoms with Gasteiger partial charge in [0, 0.05) is 20.0 Å². The van der Waals surface area contributed by atoms with Crippen LogP contribution in [0, 0.1) is 0 Å². The van der Waals surface area contributed by atoms with Crippen molar-refractivity contribution in [3.8, 4) is 0 Å². The second-order valence-corrected chi connectivity index (χ2v) is 4.17. The van der Waals surface area contributed by atoms with E-state index in [4.69, 9.17) is 0 Å². The molecule has 0 aromatic heterocycles. The molecule has 18 heavy (non-hydrogen) atoms. The molecule has 0 radical (unpaired) electrons. The Bertz CT molecular complexity index is 468. The van der Waals surface area contributed by atoms with Crippen molar-refractivity contribution in [3.05, 3.63) is 35.4 Å². The number of amides is 3. The van der Waals surface area contributed by atoms with E-state index in [1.165, 1.54) is 7.05 Å². The maximum atomic E-state index is 11.3. The topological polar surface area (TPSA) is 66.5 Å². The number of fused-ring (bicyclic) bond motifs is 1. The molecule has 0 aliphatic carbocycles. The van der Waals surface area contributed by atoms with Crippen LogP contribution >= 0.6 is 0 Å². The first-order valence-corrected chi connectivity index (χ1v) is 5.79. The monoisotopic (exact) mass is 246 g/mol. The van der Waals surface area contributed by atoms with Gasteiger partial charge in [0.2, 0.25) is 5.91 Å². The summed E-state index contributed by atoms with van der Waals surface area (Å²) in [6.07, 6.45) is 1.76. The van der Waals surface area contributed by atoms with E-state index in [0.717, 1.165) is 24.3 Å². The summed E-state index contributed by atoms with van der Waals surface area (Å²) in [6, 6.07) is 6.84. The highest BCUT2D eigenvalue weighted by atomic mass is 16.2. The number of nitrogens with one attached hydrogen (secondary N) is 1. The molecule has 1 saturated heterocycles. The number of hydrogen-bond acceptors (Lipinski definition) is 3. The summed E-state index contributed by atoms with van der Waals surface area (Å²) >= 11 is 0. The summed E-state index contributed by atoms with van der Waals surface area (Å²) in [5.74, 6) is -0.221. The van der Waals surface area contributed by atoms with Crippen LogP contribution in [0.3, 0.4) is 0 Å². The van der Waals surface area contributed by atoms with E-state index in [2.05, 4.69) is 5.32 Å². The van der Waals surface area contributed by atoms with E-state index < -0.39 is 0 Å². The summed E-state index contributed by atoms with van der Waals surface area (Å²) in [4.78, 5) is 33.9. The maximum absolute atomic E-state index is 11.3. The minimum absolute atomic E-state index is 0.204. The van der Waals surface area contributed by atoms with E-state index >= 15 is 0 Å². The van der Waals surface area contributed by atoms with Gasteiger partial charge in [0.15, 0.2) is 0 Å². The summed E-state index contributed by atoms with van der Waals surface area (Å²) in [7, 11) is 1.49. The van der Waals surface area contributed by atoms with Crippen molar-refractivity contribution in [1.82, 2.24) is 10.2 Å². The van der Waals surface area contributed by atoms with Gasteiger partial charge < -0.3 is 5.32 Å². The standard InChI is InChI=1S/C9H7NO2.C4H7NO/c1-10-8(11)6-4-2-3-5-7(6)9(10)12;6-4-2-1-3-5-4/h2-5H,1H3;1-3H2,(H,5,6). The van der Waals surface area contributed by atoms with Crippen molar-refractivity contribution in [2.24, 2.45) is 0 Å². The number of hydrogen-bond donors (Lipinski definition) is 1. The van der Waals surface area contributed by atoms with Crippen LogP contribution in [0.2, 0.25) is 0 Å². The molecule has 2 heterocycles. The molecule has 94 valence electrons. The third kappa shape index (κ3) is 2.25. The van der Waals surface area contributed by atoms with Gasteiger partial charge in [-0.1, -0.05) is 12.1 Å². The van der Waals surface area contributed by atoms with Gasteiger partial charge in [0.25, 0.3) is 11.8 Å². The van der Waals surface area contributed by atoms with E-state index in [1.54, 1.807) is 24.3 Å². The molecule has 1 fully saturated rings. The summed E-state index contributed by atoms with van der Waals surface area (Å²) in [5.41, 5.74) is 1.01. The van der Waals surface area contributed by atoms with Crippen molar-refractivity contribution in [1.29, 1.82) is 0 Å².